The van der Waals surface area contributed by atoms with E-state index in [9.17, 15) is 18.0 Å². The highest BCUT2D eigenvalue weighted by molar-refractivity contribution is 7.92. The van der Waals surface area contributed by atoms with Crippen LogP contribution in [0.1, 0.15) is 25.0 Å². The molecule has 0 bridgehead atoms. The number of rotatable bonds is 11. The Morgan fingerprint density at radius 3 is 2.29 bits per heavy atom. The maximum absolute atomic E-state index is 13.9. The van der Waals surface area contributed by atoms with Crippen LogP contribution in [0.25, 0.3) is 0 Å². The number of anilines is 1. The van der Waals surface area contributed by atoms with Gasteiger partial charge >= 0.3 is 0 Å². The summed E-state index contributed by atoms with van der Waals surface area (Å²) in [6.07, 6.45) is 0. The lowest BCUT2D eigenvalue weighted by atomic mass is 10.1. The molecule has 202 valence electrons. The zero-order valence-electron chi connectivity index (χ0n) is 21.8. The molecule has 38 heavy (non-hydrogen) atoms. The van der Waals surface area contributed by atoms with Gasteiger partial charge in [0, 0.05) is 18.1 Å². The lowest BCUT2D eigenvalue weighted by molar-refractivity contribution is -0.139. The highest BCUT2D eigenvalue weighted by Gasteiger charge is 2.33. The van der Waals surface area contributed by atoms with E-state index in [0.717, 1.165) is 15.4 Å². The van der Waals surface area contributed by atoms with E-state index in [4.69, 9.17) is 16.3 Å². The minimum absolute atomic E-state index is 0.00399. The van der Waals surface area contributed by atoms with Crippen LogP contribution >= 0.6 is 11.6 Å². The van der Waals surface area contributed by atoms with Crippen LogP contribution in [0.15, 0.2) is 77.7 Å². The molecule has 0 heterocycles. The Morgan fingerprint density at radius 2 is 1.68 bits per heavy atom. The first kappa shape index (κ1) is 29.0. The molecule has 0 saturated carbocycles. The summed E-state index contributed by atoms with van der Waals surface area (Å²) in [5, 5.41) is 3.01. The van der Waals surface area contributed by atoms with Crippen LogP contribution in [0.2, 0.25) is 5.02 Å². The molecule has 0 spiro atoms. The summed E-state index contributed by atoms with van der Waals surface area (Å²) in [5.41, 5.74) is 1.79. The summed E-state index contributed by atoms with van der Waals surface area (Å²) in [7, 11) is -2.82. The summed E-state index contributed by atoms with van der Waals surface area (Å²) in [6.45, 7) is 5.18. The molecule has 10 heteroatoms. The van der Waals surface area contributed by atoms with E-state index >= 15 is 0 Å². The first-order chi connectivity index (χ1) is 18.1. The van der Waals surface area contributed by atoms with Gasteiger partial charge in [-0.3, -0.25) is 13.9 Å². The van der Waals surface area contributed by atoms with Crippen molar-refractivity contribution in [1.29, 1.82) is 0 Å². The fraction of sp³-hybridized carbons (Fsp3) is 0.286. The summed E-state index contributed by atoms with van der Waals surface area (Å²) < 4.78 is 34.3. The third kappa shape index (κ3) is 6.85. The van der Waals surface area contributed by atoms with Crippen molar-refractivity contribution in [3.8, 4) is 5.75 Å². The number of likely N-dealkylation sites (N-methyl/N-ethyl adjacent to an activating group) is 1. The highest BCUT2D eigenvalue weighted by atomic mass is 35.5. The number of nitrogens with one attached hydrogen (secondary N) is 1. The minimum Gasteiger partial charge on any atom is -0.495 e. The molecular formula is C28H32ClN3O5S. The van der Waals surface area contributed by atoms with Crippen LogP contribution in [0.4, 0.5) is 5.69 Å². The second-order valence-corrected chi connectivity index (χ2v) is 11.0. The van der Waals surface area contributed by atoms with Crippen molar-refractivity contribution in [2.45, 2.75) is 38.3 Å². The predicted molar refractivity (Wildman–Crippen MR) is 149 cm³/mol. The van der Waals surface area contributed by atoms with Gasteiger partial charge in [0.15, 0.2) is 0 Å². The van der Waals surface area contributed by atoms with Gasteiger partial charge in [-0.15, -0.1) is 0 Å². The Morgan fingerprint density at radius 1 is 1.03 bits per heavy atom. The van der Waals surface area contributed by atoms with E-state index in [1.165, 1.54) is 30.2 Å². The maximum Gasteiger partial charge on any atom is 0.264 e. The minimum atomic E-state index is -4.23. The standard InChI is InChI=1S/C28H32ClN3O5S/c1-5-30-28(34)21(3)31(18-22-9-7-6-8-10-22)27(33)19-32(25-17-23(29)13-16-26(25)37-4)38(35,36)24-14-11-20(2)12-15-24/h6-17,21H,5,18-19H2,1-4H3,(H,30,34). The molecule has 0 aliphatic carbocycles. The molecule has 0 aromatic heterocycles. The molecule has 8 nitrogen and oxygen atoms in total. The third-order valence-electron chi connectivity index (χ3n) is 6.01. The quantitative estimate of drug-likeness (QED) is 0.377. The number of halogens is 1. The van der Waals surface area contributed by atoms with Crippen LogP contribution in [-0.4, -0.2) is 51.4 Å². The molecule has 1 atom stereocenters. The van der Waals surface area contributed by atoms with Gasteiger partial charge in [-0.25, -0.2) is 8.42 Å². The highest BCUT2D eigenvalue weighted by Crippen LogP contribution is 2.35. The fourth-order valence-corrected chi connectivity index (χ4v) is 5.48. The second-order valence-electron chi connectivity index (χ2n) is 8.72. The summed E-state index contributed by atoms with van der Waals surface area (Å²) in [4.78, 5) is 28.0. The zero-order valence-corrected chi connectivity index (χ0v) is 23.4. The van der Waals surface area contributed by atoms with Crippen LogP contribution in [0, 0.1) is 6.92 Å². The van der Waals surface area contributed by atoms with E-state index in [1.807, 2.05) is 37.3 Å². The van der Waals surface area contributed by atoms with E-state index in [2.05, 4.69) is 5.32 Å². The van der Waals surface area contributed by atoms with Gasteiger partial charge in [0.25, 0.3) is 10.0 Å². The van der Waals surface area contributed by atoms with Crippen molar-refractivity contribution in [2.24, 2.45) is 0 Å². The van der Waals surface area contributed by atoms with Crippen molar-refractivity contribution < 1.29 is 22.7 Å². The van der Waals surface area contributed by atoms with Gasteiger partial charge < -0.3 is 15.0 Å². The van der Waals surface area contributed by atoms with Crippen molar-refractivity contribution >= 4 is 39.1 Å². The number of sulfonamides is 1. The first-order valence-corrected chi connectivity index (χ1v) is 13.9. The fourth-order valence-electron chi connectivity index (χ4n) is 3.89. The molecular weight excluding hydrogens is 526 g/mol. The molecule has 0 fully saturated rings. The van der Waals surface area contributed by atoms with Crippen LogP contribution in [0.5, 0.6) is 5.75 Å². The summed E-state index contributed by atoms with van der Waals surface area (Å²) in [6, 6.07) is 19.2. The van der Waals surface area contributed by atoms with E-state index in [0.29, 0.717) is 6.54 Å². The molecule has 2 amide bonds. The second kappa shape index (κ2) is 12.8. The maximum atomic E-state index is 13.9. The number of carbonyl (C=O) groups excluding carboxylic acids is 2. The Labute approximate surface area is 229 Å². The Balaban J connectivity index is 2.09. The third-order valence-corrected chi connectivity index (χ3v) is 8.02. The Hall–Kier alpha value is -3.56. The number of amides is 2. The van der Waals surface area contributed by atoms with Gasteiger partial charge in [0.1, 0.15) is 18.3 Å². The Bertz CT molecular complexity index is 1360. The van der Waals surface area contributed by atoms with Gasteiger partial charge in [-0.2, -0.15) is 0 Å². The molecule has 3 rings (SSSR count). The van der Waals surface area contributed by atoms with Crippen LogP contribution < -0.4 is 14.4 Å². The van der Waals surface area contributed by atoms with Crippen LogP contribution in [-0.2, 0) is 26.2 Å². The molecule has 3 aromatic rings. The number of methoxy groups -OCH3 is 1. The molecule has 1 N–H and O–H groups in total. The predicted octanol–water partition coefficient (Wildman–Crippen LogP) is 4.41. The Kier molecular flexibility index (Phi) is 9.77. The molecule has 0 radical (unpaired) electrons. The lowest BCUT2D eigenvalue weighted by Gasteiger charge is -2.32. The number of benzene rings is 3. The topological polar surface area (TPSA) is 96.0 Å². The normalized spacial score (nSPS) is 11.9. The van der Waals surface area contributed by atoms with Gasteiger partial charge in [0.05, 0.1) is 17.7 Å². The number of nitrogens with zero attached hydrogens (tertiary/aromatic N) is 2. The SMILES string of the molecule is CCNC(=O)C(C)N(Cc1ccccc1)C(=O)CN(c1cc(Cl)ccc1OC)S(=O)(=O)c1ccc(C)cc1. The van der Waals surface area contributed by atoms with Crippen molar-refractivity contribution in [3.63, 3.8) is 0 Å². The molecule has 1 unspecified atom stereocenters. The van der Waals surface area contributed by atoms with Gasteiger partial charge in [-0.1, -0.05) is 59.6 Å². The largest absolute Gasteiger partial charge is 0.495 e. The number of hydrogen-bond donors (Lipinski definition) is 1. The number of ether oxygens (including phenoxy) is 1. The molecule has 3 aromatic carbocycles. The zero-order chi connectivity index (χ0) is 27.9. The van der Waals surface area contributed by atoms with Gasteiger partial charge in [0.2, 0.25) is 11.8 Å². The number of aryl methyl sites for hydroxylation is 1. The molecule has 0 aliphatic rings. The summed E-state index contributed by atoms with van der Waals surface area (Å²) in [5.74, 6) is -0.681. The average molecular weight is 558 g/mol. The molecule has 0 saturated heterocycles. The monoisotopic (exact) mass is 557 g/mol. The first-order valence-electron chi connectivity index (χ1n) is 12.1. The van der Waals surface area contributed by atoms with Crippen molar-refractivity contribution in [3.05, 3.63) is 88.9 Å². The number of hydrogen-bond acceptors (Lipinski definition) is 5. The average Bonchev–Trinajstić information content (AvgIpc) is 2.90. The van der Waals surface area contributed by atoms with E-state index < -0.39 is 28.5 Å². The smallest absolute Gasteiger partial charge is 0.264 e. The molecule has 0 aliphatic heterocycles. The number of carbonyl (C=O) groups is 2. The lowest BCUT2D eigenvalue weighted by Crippen LogP contribution is -2.51. The van der Waals surface area contributed by atoms with Gasteiger partial charge in [-0.05, 0) is 56.7 Å². The summed E-state index contributed by atoms with van der Waals surface area (Å²) >= 11 is 6.24. The van der Waals surface area contributed by atoms with Crippen molar-refractivity contribution in [2.75, 3.05) is 24.5 Å². The van der Waals surface area contributed by atoms with E-state index in [-0.39, 0.29) is 33.8 Å². The van der Waals surface area contributed by atoms with E-state index in [1.54, 1.807) is 38.1 Å². The van der Waals surface area contributed by atoms with Crippen LogP contribution in [0.3, 0.4) is 0 Å². The van der Waals surface area contributed by atoms with Crippen molar-refractivity contribution in [1.82, 2.24) is 10.2 Å².